The maximum Gasteiger partial charge on any atom is 0.251 e. The quantitative estimate of drug-likeness (QED) is 0.415. The molecule has 7 nitrogen and oxygen atoms in total. The smallest absolute Gasteiger partial charge is 0.251 e. The second-order valence-corrected chi connectivity index (χ2v) is 8.96. The third-order valence-corrected chi connectivity index (χ3v) is 6.12. The SMILES string of the molecule is CCn1c(SCC(=O)Nc2ccc(F)c(Cl)c2)nnc1[C@H](NC(=O)c1ccccc1)C(C)C. The van der Waals surface area contributed by atoms with Crippen LogP contribution in [0.5, 0.6) is 0 Å². The maximum atomic E-state index is 13.3. The number of nitrogens with zero attached hydrogens (tertiary/aromatic N) is 3. The fourth-order valence-corrected chi connectivity index (χ4v) is 4.17. The maximum absolute atomic E-state index is 13.3. The Balaban J connectivity index is 1.70. The molecule has 2 amide bonds. The summed E-state index contributed by atoms with van der Waals surface area (Å²) < 4.78 is 15.2. The number of hydrogen-bond acceptors (Lipinski definition) is 5. The zero-order chi connectivity index (χ0) is 24.0. The van der Waals surface area contributed by atoms with Gasteiger partial charge < -0.3 is 15.2 Å². The van der Waals surface area contributed by atoms with Crippen LogP contribution in [-0.4, -0.2) is 32.3 Å². The monoisotopic (exact) mass is 489 g/mol. The van der Waals surface area contributed by atoms with Crippen LogP contribution in [0.1, 0.15) is 43.0 Å². The fourth-order valence-electron chi connectivity index (χ4n) is 3.18. The van der Waals surface area contributed by atoms with E-state index in [9.17, 15) is 14.0 Å². The first-order chi connectivity index (χ1) is 15.8. The van der Waals surface area contributed by atoms with Crippen LogP contribution in [0.4, 0.5) is 10.1 Å². The molecule has 1 aromatic heterocycles. The predicted octanol–water partition coefficient (Wildman–Crippen LogP) is 4.95. The fraction of sp³-hybridized carbons (Fsp3) is 0.304. The van der Waals surface area contributed by atoms with Crippen LogP contribution in [-0.2, 0) is 11.3 Å². The molecule has 3 rings (SSSR count). The van der Waals surface area contributed by atoms with Crippen molar-refractivity contribution < 1.29 is 14.0 Å². The minimum absolute atomic E-state index is 0.0619. The van der Waals surface area contributed by atoms with Gasteiger partial charge in [0.05, 0.1) is 16.8 Å². The lowest BCUT2D eigenvalue weighted by atomic mass is 10.0. The van der Waals surface area contributed by atoms with E-state index in [-0.39, 0.29) is 34.5 Å². The average molecular weight is 490 g/mol. The van der Waals surface area contributed by atoms with Crippen molar-refractivity contribution in [2.45, 2.75) is 38.5 Å². The lowest BCUT2D eigenvalue weighted by Gasteiger charge is -2.22. The number of carbonyl (C=O) groups is 2. The van der Waals surface area contributed by atoms with Gasteiger partial charge >= 0.3 is 0 Å². The number of benzene rings is 2. The molecule has 0 saturated carbocycles. The molecule has 2 N–H and O–H groups in total. The van der Waals surface area contributed by atoms with Gasteiger partial charge in [-0.15, -0.1) is 10.2 Å². The molecular weight excluding hydrogens is 465 g/mol. The van der Waals surface area contributed by atoms with E-state index in [4.69, 9.17) is 11.6 Å². The van der Waals surface area contributed by atoms with Crippen molar-refractivity contribution in [2.24, 2.45) is 5.92 Å². The highest BCUT2D eigenvalue weighted by atomic mass is 35.5. The molecule has 0 aliphatic heterocycles. The molecular formula is C23H25ClFN5O2S. The van der Waals surface area contributed by atoms with Crippen LogP contribution < -0.4 is 10.6 Å². The molecule has 0 saturated heterocycles. The van der Waals surface area contributed by atoms with Gasteiger partial charge in [-0.05, 0) is 43.2 Å². The molecule has 0 radical (unpaired) electrons. The van der Waals surface area contributed by atoms with Gasteiger partial charge in [-0.3, -0.25) is 9.59 Å². The van der Waals surface area contributed by atoms with Gasteiger partial charge in [0.25, 0.3) is 5.91 Å². The first-order valence-corrected chi connectivity index (χ1v) is 11.8. The van der Waals surface area contributed by atoms with Crippen molar-refractivity contribution in [3.63, 3.8) is 0 Å². The van der Waals surface area contributed by atoms with E-state index >= 15 is 0 Å². The number of thioether (sulfide) groups is 1. The highest BCUT2D eigenvalue weighted by Gasteiger charge is 2.26. The number of rotatable bonds is 9. The average Bonchev–Trinajstić information content (AvgIpc) is 3.21. The van der Waals surface area contributed by atoms with Crippen molar-refractivity contribution in [2.75, 3.05) is 11.1 Å². The van der Waals surface area contributed by atoms with Crippen molar-refractivity contribution in [3.8, 4) is 0 Å². The summed E-state index contributed by atoms with van der Waals surface area (Å²) in [6.07, 6.45) is 0. The minimum atomic E-state index is -0.549. The molecule has 174 valence electrons. The molecule has 2 aromatic carbocycles. The van der Waals surface area contributed by atoms with Gasteiger partial charge in [0.2, 0.25) is 5.91 Å². The highest BCUT2D eigenvalue weighted by Crippen LogP contribution is 2.26. The van der Waals surface area contributed by atoms with Crippen LogP contribution in [0.25, 0.3) is 0 Å². The number of halogens is 2. The molecule has 1 atom stereocenters. The second kappa shape index (κ2) is 11.3. The van der Waals surface area contributed by atoms with E-state index in [0.29, 0.717) is 28.8 Å². The second-order valence-electron chi connectivity index (χ2n) is 7.61. The van der Waals surface area contributed by atoms with Crippen molar-refractivity contribution in [3.05, 3.63) is 70.8 Å². The van der Waals surface area contributed by atoms with Gasteiger partial charge in [0.1, 0.15) is 5.82 Å². The zero-order valence-corrected chi connectivity index (χ0v) is 20.1. The first kappa shape index (κ1) is 24.7. The number of anilines is 1. The number of hydrogen-bond donors (Lipinski definition) is 2. The highest BCUT2D eigenvalue weighted by molar-refractivity contribution is 7.99. The van der Waals surface area contributed by atoms with Gasteiger partial charge in [-0.25, -0.2) is 4.39 Å². The number of amides is 2. The number of carbonyl (C=O) groups excluding carboxylic acids is 2. The summed E-state index contributed by atoms with van der Waals surface area (Å²) in [5.74, 6) is -0.247. The van der Waals surface area contributed by atoms with E-state index in [1.807, 2.05) is 43.5 Å². The topological polar surface area (TPSA) is 88.9 Å². The van der Waals surface area contributed by atoms with Crippen LogP contribution in [0.2, 0.25) is 5.02 Å². The summed E-state index contributed by atoms with van der Waals surface area (Å²) >= 11 is 6.99. The summed E-state index contributed by atoms with van der Waals surface area (Å²) in [6.45, 7) is 6.52. The van der Waals surface area contributed by atoms with Crippen LogP contribution in [0.3, 0.4) is 0 Å². The lowest BCUT2D eigenvalue weighted by Crippen LogP contribution is -2.33. The molecule has 0 bridgehead atoms. The Bertz CT molecular complexity index is 1120. The molecule has 3 aromatic rings. The molecule has 33 heavy (non-hydrogen) atoms. The summed E-state index contributed by atoms with van der Waals surface area (Å²) in [7, 11) is 0. The van der Waals surface area contributed by atoms with Crippen LogP contribution in [0.15, 0.2) is 53.7 Å². The Morgan fingerprint density at radius 3 is 2.52 bits per heavy atom. The van der Waals surface area contributed by atoms with Crippen LogP contribution in [0, 0.1) is 11.7 Å². The van der Waals surface area contributed by atoms with E-state index in [1.54, 1.807) is 12.1 Å². The molecule has 0 unspecified atom stereocenters. The van der Waals surface area contributed by atoms with E-state index < -0.39 is 5.82 Å². The largest absolute Gasteiger partial charge is 0.342 e. The van der Waals surface area contributed by atoms with Crippen molar-refractivity contribution >= 4 is 40.9 Å². The Hall–Kier alpha value is -2.91. The first-order valence-electron chi connectivity index (χ1n) is 10.5. The normalized spacial score (nSPS) is 11.9. The van der Waals surface area contributed by atoms with Gasteiger partial charge in [0.15, 0.2) is 11.0 Å². The summed E-state index contributed by atoms with van der Waals surface area (Å²) in [5.41, 5.74) is 0.978. The molecule has 10 heteroatoms. The standard InChI is InChI=1S/C23H25ClFN5O2S/c1-4-30-21(20(14(2)3)27-22(32)15-8-6-5-7-9-15)28-29-23(30)33-13-19(31)26-16-10-11-18(25)17(24)12-16/h5-12,14,20H,4,13H2,1-3H3,(H,26,31)(H,27,32)/t20-/m1/s1. The molecule has 0 aliphatic carbocycles. The lowest BCUT2D eigenvalue weighted by molar-refractivity contribution is -0.113. The van der Waals surface area contributed by atoms with Crippen molar-refractivity contribution in [1.82, 2.24) is 20.1 Å². The zero-order valence-electron chi connectivity index (χ0n) is 18.5. The third-order valence-electron chi connectivity index (χ3n) is 4.86. The van der Waals surface area contributed by atoms with Gasteiger partial charge in [0, 0.05) is 17.8 Å². The summed E-state index contributed by atoms with van der Waals surface area (Å²) in [4.78, 5) is 25.1. The molecule has 0 fully saturated rings. The Kier molecular flexibility index (Phi) is 8.46. The van der Waals surface area contributed by atoms with E-state index in [1.165, 1.54) is 30.0 Å². The molecule has 1 heterocycles. The summed E-state index contributed by atoms with van der Waals surface area (Å²) in [6, 6.07) is 12.6. The Morgan fingerprint density at radius 2 is 1.88 bits per heavy atom. The van der Waals surface area contributed by atoms with Gasteiger partial charge in [-0.2, -0.15) is 0 Å². The van der Waals surface area contributed by atoms with E-state index in [2.05, 4.69) is 20.8 Å². The Morgan fingerprint density at radius 1 is 1.15 bits per heavy atom. The predicted molar refractivity (Wildman–Crippen MR) is 128 cm³/mol. The van der Waals surface area contributed by atoms with E-state index in [0.717, 1.165) is 0 Å². The summed E-state index contributed by atoms with van der Waals surface area (Å²) in [5, 5.41) is 14.8. The van der Waals surface area contributed by atoms with Crippen molar-refractivity contribution in [1.29, 1.82) is 0 Å². The molecule has 0 aliphatic rings. The van der Waals surface area contributed by atoms with Gasteiger partial charge in [-0.1, -0.05) is 55.4 Å². The number of aromatic nitrogens is 3. The Labute approximate surface area is 201 Å². The third kappa shape index (κ3) is 6.33. The minimum Gasteiger partial charge on any atom is -0.342 e. The van der Waals surface area contributed by atoms with Crippen LogP contribution >= 0.6 is 23.4 Å². The molecule has 0 spiro atoms. The number of nitrogens with one attached hydrogen (secondary N) is 2.